The van der Waals surface area contributed by atoms with Crippen molar-refractivity contribution >= 4 is 12.0 Å². The first kappa shape index (κ1) is 11.9. The molecule has 2 fully saturated rings. The number of fused-ring (bicyclic) bond motifs is 1. The number of carbonyl (C=O) groups is 2. The number of aryl methyl sites for hydroxylation is 1. The molecule has 0 radical (unpaired) electrons. The van der Waals surface area contributed by atoms with Gasteiger partial charge in [-0.3, -0.25) is 9.69 Å². The lowest BCUT2D eigenvalue weighted by atomic mass is 10.2. The number of nitrogens with zero attached hydrogens (tertiary/aromatic N) is 6. The topological polar surface area (TPSA) is 93.5 Å². The maximum absolute atomic E-state index is 12.1. The van der Waals surface area contributed by atoms with Gasteiger partial charge < -0.3 is 9.64 Å². The molecule has 0 bridgehead atoms. The van der Waals surface area contributed by atoms with Gasteiger partial charge >= 0.3 is 6.09 Å². The normalized spacial score (nSPS) is 22.3. The summed E-state index contributed by atoms with van der Waals surface area (Å²) in [6, 6.07) is -0.00163. The third kappa shape index (κ3) is 2.35. The maximum Gasteiger partial charge on any atom is 0.410 e. The monoisotopic (exact) mass is 266 g/mol. The van der Waals surface area contributed by atoms with Crippen molar-refractivity contribution in [3.8, 4) is 0 Å². The molecule has 19 heavy (non-hydrogen) atoms. The van der Waals surface area contributed by atoms with Gasteiger partial charge in [0.05, 0.1) is 12.6 Å². The number of rotatable bonds is 3. The van der Waals surface area contributed by atoms with E-state index in [4.69, 9.17) is 4.74 Å². The van der Waals surface area contributed by atoms with Gasteiger partial charge in [0, 0.05) is 26.1 Å². The molecule has 9 heteroatoms. The summed E-state index contributed by atoms with van der Waals surface area (Å²) in [5, 5.41) is 10.7. The summed E-state index contributed by atoms with van der Waals surface area (Å²) in [6.07, 6.45) is 1.56. The number of ether oxygens (including phenoxy) is 1. The van der Waals surface area contributed by atoms with E-state index in [0.29, 0.717) is 39.2 Å². The van der Waals surface area contributed by atoms with Crippen molar-refractivity contribution in [3.05, 3.63) is 6.33 Å². The zero-order chi connectivity index (χ0) is 13.2. The SMILES string of the molecule is O=C(CCn1cnnn1)N1CCN2C(=O)OC[C@@H]2C1. The highest BCUT2D eigenvalue weighted by Gasteiger charge is 2.38. The Bertz CT molecular complexity index is 476. The molecule has 0 aliphatic carbocycles. The molecule has 2 aliphatic heterocycles. The number of piperazine rings is 1. The summed E-state index contributed by atoms with van der Waals surface area (Å²) in [4.78, 5) is 26.9. The zero-order valence-electron chi connectivity index (χ0n) is 10.3. The summed E-state index contributed by atoms with van der Waals surface area (Å²) in [5.41, 5.74) is 0. The molecule has 2 amide bonds. The van der Waals surface area contributed by atoms with Crippen molar-refractivity contribution in [1.29, 1.82) is 0 Å². The predicted octanol–water partition coefficient (Wildman–Crippen LogP) is -1.27. The molecule has 0 unspecified atom stereocenters. The molecule has 1 aromatic heterocycles. The molecule has 0 saturated carbocycles. The second kappa shape index (κ2) is 4.82. The Morgan fingerprint density at radius 1 is 1.47 bits per heavy atom. The number of carbonyl (C=O) groups excluding carboxylic acids is 2. The number of tetrazole rings is 1. The van der Waals surface area contributed by atoms with Crippen LogP contribution < -0.4 is 0 Å². The van der Waals surface area contributed by atoms with Crippen molar-refractivity contribution in [2.75, 3.05) is 26.2 Å². The van der Waals surface area contributed by atoms with Crippen molar-refractivity contribution < 1.29 is 14.3 Å². The van der Waals surface area contributed by atoms with E-state index < -0.39 is 0 Å². The van der Waals surface area contributed by atoms with Crippen LogP contribution in [-0.4, -0.2) is 74.3 Å². The molecular formula is C10H14N6O3. The lowest BCUT2D eigenvalue weighted by Crippen LogP contribution is -2.53. The summed E-state index contributed by atoms with van der Waals surface area (Å²) in [5.74, 6) is 0.0505. The minimum Gasteiger partial charge on any atom is -0.447 e. The number of amides is 2. The number of hydrogen-bond donors (Lipinski definition) is 0. The van der Waals surface area contributed by atoms with Crippen LogP contribution in [0, 0.1) is 0 Å². The molecule has 0 aromatic carbocycles. The highest BCUT2D eigenvalue weighted by Crippen LogP contribution is 2.18. The van der Waals surface area contributed by atoms with Gasteiger partial charge in [0.2, 0.25) is 5.91 Å². The molecule has 0 N–H and O–H groups in total. The van der Waals surface area contributed by atoms with Crippen molar-refractivity contribution in [3.63, 3.8) is 0 Å². The van der Waals surface area contributed by atoms with Crippen LogP contribution in [0.15, 0.2) is 6.33 Å². The van der Waals surface area contributed by atoms with Gasteiger partial charge in [-0.05, 0) is 10.4 Å². The highest BCUT2D eigenvalue weighted by atomic mass is 16.6. The van der Waals surface area contributed by atoms with E-state index in [0.717, 1.165) is 0 Å². The van der Waals surface area contributed by atoms with Crippen LogP contribution >= 0.6 is 0 Å². The van der Waals surface area contributed by atoms with Gasteiger partial charge in [-0.2, -0.15) is 0 Å². The van der Waals surface area contributed by atoms with E-state index in [2.05, 4.69) is 15.5 Å². The van der Waals surface area contributed by atoms with Crippen LogP contribution in [0.2, 0.25) is 0 Å². The Morgan fingerprint density at radius 2 is 2.37 bits per heavy atom. The van der Waals surface area contributed by atoms with E-state index in [-0.39, 0.29) is 18.0 Å². The average molecular weight is 266 g/mol. The lowest BCUT2D eigenvalue weighted by Gasteiger charge is -2.35. The second-order valence-electron chi connectivity index (χ2n) is 4.59. The molecule has 3 heterocycles. The molecule has 102 valence electrons. The second-order valence-corrected chi connectivity index (χ2v) is 4.59. The zero-order valence-corrected chi connectivity index (χ0v) is 10.3. The molecule has 1 aromatic rings. The Morgan fingerprint density at radius 3 is 3.16 bits per heavy atom. The van der Waals surface area contributed by atoms with Crippen LogP contribution in [0.25, 0.3) is 0 Å². The van der Waals surface area contributed by atoms with Crippen molar-refractivity contribution in [2.24, 2.45) is 0 Å². The van der Waals surface area contributed by atoms with Gasteiger partial charge in [0.15, 0.2) is 0 Å². The minimum absolute atomic E-state index is 0.00163. The van der Waals surface area contributed by atoms with Gasteiger partial charge in [-0.15, -0.1) is 5.10 Å². The standard InChI is InChI=1S/C10H14N6O3/c17-9(1-2-15-7-11-12-13-15)14-3-4-16-8(5-14)6-19-10(16)18/h7-8H,1-6H2/t8-/m0/s1. The summed E-state index contributed by atoms with van der Waals surface area (Å²) in [6.45, 7) is 2.47. The van der Waals surface area contributed by atoms with Crippen molar-refractivity contribution in [2.45, 2.75) is 19.0 Å². The van der Waals surface area contributed by atoms with Crippen LogP contribution in [0.4, 0.5) is 4.79 Å². The third-order valence-corrected chi connectivity index (χ3v) is 3.42. The number of cyclic esters (lactones) is 1. The number of hydrogen-bond acceptors (Lipinski definition) is 6. The fraction of sp³-hybridized carbons (Fsp3) is 0.700. The molecule has 9 nitrogen and oxygen atoms in total. The molecule has 2 saturated heterocycles. The first-order valence-corrected chi connectivity index (χ1v) is 6.16. The van der Waals surface area contributed by atoms with Gasteiger partial charge in [-0.1, -0.05) is 0 Å². The van der Waals surface area contributed by atoms with E-state index in [9.17, 15) is 9.59 Å². The summed E-state index contributed by atoms with van der Waals surface area (Å²) >= 11 is 0. The van der Waals surface area contributed by atoms with E-state index >= 15 is 0 Å². The van der Waals surface area contributed by atoms with E-state index in [1.165, 1.54) is 11.0 Å². The first-order valence-electron chi connectivity index (χ1n) is 6.16. The van der Waals surface area contributed by atoms with Gasteiger partial charge in [0.1, 0.15) is 12.9 Å². The Hall–Kier alpha value is -2.19. The number of aromatic nitrogens is 4. The van der Waals surface area contributed by atoms with Crippen LogP contribution in [0.5, 0.6) is 0 Å². The lowest BCUT2D eigenvalue weighted by molar-refractivity contribution is -0.133. The Labute approximate surface area is 109 Å². The van der Waals surface area contributed by atoms with Gasteiger partial charge in [-0.25, -0.2) is 9.48 Å². The Kier molecular flexibility index (Phi) is 3.02. The fourth-order valence-electron chi connectivity index (χ4n) is 2.37. The Balaban J connectivity index is 1.52. The van der Waals surface area contributed by atoms with Crippen LogP contribution in [-0.2, 0) is 16.1 Å². The quantitative estimate of drug-likeness (QED) is 0.677. The van der Waals surface area contributed by atoms with Gasteiger partial charge in [0.25, 0.3) is 0 Å². The van der Waals surface area contributed by atoms with Crippen LogP contribution in [0.1, 0.15) is 6.42 Å². The fourth-order valence-corrected chi connectivity index (χ4v) is 2.37. The van der Waals surface area contributed by atoms with Crippen LogP contribution in [0.3, 0.4) is 0 Å². The van der Waals surface area contributed by atoms with E-state index in [1.54, 1.807) is 9.80 Å². The first-order chi connectivity index (χ1) is 9.24. The summed E-state index contributed by atoms with van der Waals surface area (Å²) in [7, 11) is 0. The largest absolute Gasteiger partial charge is 0.447 e. The summed E-state index contributed by atoms with van der Waals surface area (Å²) < 4.78 is 6.49. The third-order valence-electron chi connectivity index (χ3n) is 3.42. The molecule has 3 rings (SSSR count). The molecular weight excluding hydrogens is 252 g/mol. The molecule has 1 atom stereocenters. The smallest absolute Gasteiger partial charge is 0.410 e. The van der Waals surface area contributed by atoms with E-state index in [1.807, 2.05) is 0 Å². The highest BCUT2D eigenvalue weighted by molar-refractivity contribution is 5.77. The predicted molar refractivity (Wildman–Crippen MR) is 60.9 cm³/mol. The molecule has 2 aliphatic rings. The average Bonchev–Trinajstić information content (AvgIpc) is 3.06. The maximum atomic E-state index is 12.1. The van der Waals surface area contributed by atoms with Crippen molar-refractivity contribution in [1.82, 2.24) is 30.0 Å². The molecule has 0 spiro atoms. The minimum atomic E-state index is -0.272.